The van der Waals surface area contributed by atoms with Crippen molar-refractivity contribution in [1.29, 1.82) is 0 Å². The zero-order valence-electron chi connectivity index (χ0n) is 8.97. The van der Waals surface area contributed by atoms with Gasteiger partial charge in [-0.2, -0.15) is 13.2 Å². The first-order valence-corrected chi connectivity index (χ1v) is 4.84. The normalized spacial score (nSPS) is 13.2. The van der Waals surface area contributed by atoms with Gasteiger partial charge in [0.15, 0.2) is 0 Å². The third-order valence-electron chi connectivity index (χ3n) is 1.96. The van der Waals surface area contributed by atoms with Crippen LogP contribution < -0.4 is 10.9 Å². The highest BCUT2D eigenvalue weighted by atomic mass is 19.4. The van der Waals surface area contributed by atoms with Crippen molar-refractivity contribution in [3.05, 3.63) is 34.2 Å². The molecular weight excluding hydrogens is 237 g/mol. The van der Waals surface area contributed by atoms with Crippen molar-refractivity contribution in [2.75, 3.05) is 0 Å². The summed E-state index contributed by atoms with van der Waals surface area (Å²) in [6, 6.07) is 1.35. The quantitative estimate of drug-likeness (QED) is 0.850. The van der Waals surface area contributed by atoms with Crippen molar-refractivity contribution >= 4 is 5.91 Å². The maximum Gasteiger partial charge on any atom is 0.391 e. The molecule has 94 valence electrons. The number of hydrogen-bond donors (Lipinski definition) is 2. The Morgan fingerprint density at radius 3 is 2.59 bits per heavy atom. The summed E-state index contributed by atoms with van der Waals surface area (Å²) in [6.07, 6.45) is -4.27. The van der Waals surface area contributed by atoms with Gasteiger partial charge in [0.05, 0.1) is 12.0 Å². The van der Waals surface area contributed by atoms with Crippen molar-refractivity contribution in [1.82, 2.24) is 10.3 Å². The lowest BCUT2D eigenvalue weighted by molar-refractivity contribution is -0.138. The van der Waals surface area contributed by atoms with Crippen LogP contribution in [-0.2, 0) is 0 Å². The number of amides is 1. The van der Waals surface area contributed by atoms with Gasteiger partial charge < -0.3 is 10.3 Å². The van der Waals surface area contributed by atoms with E-state index < -0.39 is 24.5 Å². The number of carbonyl (C=O) groups excluding carboxylic acids is 1. The van der Waals surface area contributed by atoms with Gasteiger partial charge in [-0.15, -0.1) is 0 Å². The summed E-state index contributed by atoms with van der Waals surface area (Å²) >= 11 is 0. The second-order valence-corrected chi connectivity index (χ2v) is 3.64. The second kappa shape index (κ2) is 5.03. The van der Waals surface area contributed by atoms with Crippen molar-refractivity contribution in [2.24, 2.45) is 0 Å². The van der Waals surface area contributed by atoms with Gasteiger partial charge in [0.25, 0.3) is 5.91 Å². The second-order valence-electron chi connectivity index (χ2n) is 3.64. The summed E-state index contributed by atoms with van der Waals surface area (Å²) in [5.74, 6) is -0.655. The van der Waals surface area contributed by atoms with Gasteiger partial charge in [0.2, 0.25) is 5.56 Å². The van der Waals surface area contributed by atoms with E-state index in [1.165, 1.54) is 13.0 Å². The molecule has 7 heteroatoms. The van der Waals surface area contributed by atoms with Gasteiger partial charge >= 0.3 is 6.18 Å². The molecule has 1 heterocycles. The topological polar surface area (TPSA) is 62.0 Å². The number of aromatic amines is 1. The minimum atomic E-state index is -4.32. The van der Waals surface area contributed by atoms with E-state index in [0.29, 0.717) is 0 Å². The highest BCUT2D eigenvalue weighted by molar-refractivity contribution is 5.93. The predicted molar refractivity (Wildman–Crippen MR) is 54.7 cm³/mol. The number of carbonyl (C=O) groups is 1. The molecule has 2 N–H and O–H groups in total. The largest absolute Gasteiger partial charge is 0.391 e. The van der Waals surface area contributed by atoms with E-state index in [1.807, 2.05) is 0 Å². The van der Waals surface area contributed by atoms with Crippen LogP contribution in [0, 0.1) is 0 Å². The Kier molecular flexibility index (Phi) is 3.93. The molecule has 0 bridgehead atoms. The first-order valence-electron chi connectivity index (χ1n) is 4.84. The monoisotopic (exact) mass is 248 g/mol. The van der Waals surface area contributed by atoms with Crippen molar-refractivity contribution in [2.45, 2.75) is 25.6 Å². The van der Waals surface area contributed by atoms with E-state index in [4.69, 9.17) is 0 Å². The molecule has 1 rings (SSSR count). The molecule has 0 aliphatic heterocycles. The molecule has 1 aromatic heterocycles. The zero-order valence-corrected chi connectivity index (χ0v) is 8.97. The Labute approximate surface area is 94.8 Å². The van der Waals surface area contributed by atoms with E-state index >= 15 is 0 Å². The fraction of sp³-hybridized carbons (Fsp3) is 0.400. The Bertz CT molecular complexity index is 433. The van der Waals surface area contributed by atoms with Crippen LogP contribution in [0.2, 0.25) is 0 Å². The van der Waals surface area contributed by atoms with Crippen LogP contribution in [0.1, 0.15) is 23.7 Å². The van der Waals surface area contributed by atoms with Crippen molar-refractivity contribution < 1.29 is 18.0 Å². The third-order valence-corrected chi connectivity index (χ3v) is 1.96. The van der Waals surface area contributed by atoms with E-state index in [0.717, 1.165) is 12.3 Å². The molecule has 17 heavy (non-hydrogen) atoms. The molecule has 0 aliphatic carbocycles. The number of hydrogen-bond acceptors (Lipinski definition) is 2. The van der Waals surface area contributed by atoms with Crippen LogP contribution in [0.15, 0.2) is 23.1 Å². The van der Waals surface area contributed by atoms with Crippen LogP contribution in [0.4, 0.5) is 13.2 Å². The average Bonchev–Trinajstić information content (AvgIpc) is 2.15. The lowest BCUT2D eigenvalue weighted by Crippen LogP contribution is -2.36. The molecule has 0 aliphatic rings. The van der Waals surface area contributed by atoms with Gasteiger partial charge in [0, 0.05) is 18.3 Å². The number of halogens is 3. The maximum absolute atomic E-state index is 12.0. The number of nitrogens with one attached hydrogen (secondary N) is 2. The van der Waals surface area contributed by atoms with Gasteiger partial charge in [-0.05, 0) is 13.0 Å². The minimum absolute atomic E-state index is 0.110. The standard InChI is InChI=1S/C10H11F3N2O2/c1-6(4-10(11,12)13)15-9(17)7-2-3-8(16)14-5-7/h2-3,5-6H,4H2,1H3,(H,14,16)(H,15,17). The van der Waals surface area contributed by atoms with E-state index in [2.05, 4.69) is 10.3 Å². The molecular formula is C10H11F3N2O2. The van der Waals surface area contributed by atoms with Gasteiger partial charge in [-0.25, -0.2) is 0 Å². The Morgan fingerprint density at radius 1 is 1.47 bits per heavy atom. The molecule has 0 fully saturated rings. The number of rotatable bonds is 3. The fourth-order valence-corrected chi connectivity index (χ4v) is 1.26. The molecule has 0 saturated heterocycles. The summed E-state index contributed by atoms with van der Waals surface area (Å²) in [5.41, 5.74) is -0.275. The summed E-state index contributed by atoms with van der Waals surface area (Å²) in [5, 5.41) is 2.19. The highest BCUT2D eigenvalue weighted by Crippen LogP contribution is 2.21. The molecule has 1 atom stereocenters. The van der Waals surface area contributed by atoms with E-state index in [1.54, 1.807) is 0 Å². The lowest BCUT2D eigenvalue weighted by atomic mass is 10.2. The van der Waals surface area contributed by atoms with Gasteiger partial charge in [-0.1, -0.05) is 0 Å². The van der Waals surface area contributed by atoms with E-state index in [-0.39, 0.29) is 11.1 Å². The lowest BCUT2D eigenvalue weighted by Gasteiger charge is -2.15. The Morgan fingerprint density at radius 2 is 2.12 bits per heavy atom. The number of aromatic nitrogens is 1. The van der Waals surface area contributed by atoms with Crippen LogP contribution in [-0.4, -0.2) is 23.1 Å². The van der Waals surface area contributed by atoms with Gasteiger partial charge in [0.1, 0.15) is 0 Å². The van der Waals surface area contributed by atoms with Crippen LogP contribution in [0.25, 0.3) is 0 Å². The SMILES string of the molecule is CC(CC(F)(F)F)NC(=O)c1ccc(=O)[nH]c1. The first kappa shape index (κ1) is 13.3. The van der Waals surface area contributed by atoms with E-state index in [9.17, 15) is 22.8 Å². The third kappa shape index (κ3) is 4.71. The molecule has 4 nitrogen and oxygen atoms in total. The maximum atomic E-state index is 12.0. The number of H-pyrrole nitrogens is 1. The van der Waals surface area contributed by atoms with Crippen LogP contribution in [0.5, 0.6) is 0 Å². The zero-order chi connectivity index (χ0) is 13.1. The molecule has 1 amide bonds. The highest BCUT2D eigenvalue weighted by Gasteiger charge is 2.30. The van der Waals surface area contributed by atoms with Crippen molar-refractivity contribution in [3.63, 3.8) is 0 Å². The summed E-state index contributed by atoms with van der Waals surface area (Å²) in [4.78, 5) is 24.4. The average molecular weight is 248 g/mol. The summed E-state index contributed by atoms with van der Waals surface area (Å²) in [7, 11) is 0. The Balaban J connectivity index is 2.60. The minimum Gasteiger partial charge on any atom is -0.349 e. The predicted octanol–water partition coefficient (Wildman–Crippen LogP) is 1.45. The van der Waals surface area contributed by atoms with Crippen molar-refractivity contribution in [3.8, 4) is 0 Å². The molecule has 0 aromatic carbocycles. The molecule has 1 unspecified atom stereocenters. The summed E-state index contributed by atoms with van der Waals surface area (Å²) in [6.45, 7) is 1.26. The smallest absolute Gasteiger partial charge is 0.349 e. The van der Waals surface area contributed by atoms with Gasteiger partial charge in [-0.3, -0.25) is 9.59 Å². The number of alkyl halides is 3. The number of pyridine rings is 1. The molecule has 0 spiro atoms. The first-order chi connectivity index (χ1) is 7.78. The summed E-state index contributed by atoms with van der Waals surface area (Å²) < 4.78 is 36.0. The molecule has 1 aromatic rings. The van der Waals surface area contributed by atoms with Crippen LogP contribution in [0.3, 0.4) is 0 Å². The molecule has 0 radical (unpaired) electrons. The fourth-order valence-electron chi connectivity index (χ4n) is 1.26. The Hall–Kier alpha value is -1.79. The van der Waals surface area contributed by atoms with Crippen LogP contribution >= 0.6 is 0 Å². The molecule has 0 saturated carbocycles.